The van der Waals surface area contributed by atoms with Crippen LogP contribution in [0, 0.1) is 5.92 Å². The zero-order valence-electron chi connectivity index (χ0n) is 10.5. The van der Waals surface area contributed by atoms with Gasteiger partial charge in [0.2, 0.25) is 0 Å². The molecule has 16 heavy (non-hydrogen) atoms. The van der Waals surface area contributed by atoms with Crippen molar-refractivity contribution < 1.29 is 0 Å². The fourth-order valence-electron chi connectivity index (χ4n) is 1.88. The molecule has 2 N–H and O–H groups in total. The summed E-state index contributed by atoms with van der Waals surface area (Å²) in [6.07, 6.45) is 3.12. The molecule has 0 aliphatic rings. The maximum atomic E-state index is 5.77. The first-order valence-corrected chi connectivity index (χ1v) is 6.91. The molecule has 0 radical (unpaired) electrons. The smallest absolute Gasteiger partial charge is 0.0766 e. The molecule has 0 saturated carbocycles. The molecule has 1 aromatic rings. The Morgan fingerprint density at radius 1 is 1.38 bits per heavy atom. The van der Waals surface area contributed by atoms with Gasteiger partial charge in [-0.1, -0.05) is 20.3 Å². The highest BCUT2D eigenvalue weighted by Crippen LogP contribution is 2.25. The van der Waals surface area contributed by atoms with Crippen molar-refractivity contribution in [2.75, 3.05) is 6.54 Å². The lowest BCUT2D eigenvalue weighted by Gasteiger charge is -2.13. The van der Waals surface area contributed by atoms with Gasteiger partial charge < -0.3 is 5.73 Å². The SMILES string of the molecule is CCc1nn(CC)c(CC(CC)CN)c1Br. The van der Waals surface area contributed by atoms with Crippen molar-refractivity contribution >= 4 is 15.9 Å². The van der Waals surface area contributed by atoms with Crippen molar-refractivity contribution in [3.05, 3.63) is 15.9 Å². The highest BCUT2D eigenvalue weighted by atomic mass is 79.9. The van der Waals surface area contributed by atoms with Crippen LogP contribution in [0.4, 0.5) is 0 Å². The number of hydrogen-bond acceptors (Lipinski definition) is 2. The van der Waals surface area contributed by atoms with Gasteiger partial charge in [-0.05, 0) is 48.2 Å². The Morgan fingerprint density at radius 3 is 2.50 bits per heavy atom. The predicted octanol–water partition coefficient (Wildman–Crippen LogP) is 2.76. The number of rotatable bonds is 6. The second-order valence-corrected chi connectivity index (χ2v) is 4.88. The fraction of sp³-hybridized carbons (Fsp3) is 0.750. The number of hydrogen-bond donors (Lipinski definition) is 1. The van der Waals surface area contributed by atoms with E-state index >= 15 is 0 Å². The molecule has 0 aliphatic heterocycles. The summed E-state index contributed by atoms with van der Waals surface area (Å²) in [6, 6.07) is 0. The fourth-order valence-corrected chi connectivity index (χ4v) is 2.61. The Morgan fingerprint density at radius 2 is 2.06 bits per heavy atom. The van der Waals surface area contributed by atoms with E-state index in [2.05, 4.69) is 46.5 Å². The number of aromatic nitrogens is 2. The average molecular weight is 288 g/mol. The van der Waals surface area contributed by atoms with Crippen molar-refractivity contribution in [3.8, 4) is 0 Å². The molecule has 92 valence electrons. The molecule has 0 amide bonds. The van der Waals surface area contributed by atoms with Gasteiger partial charge in [-0.3, -0.25) is 4.68 Å². The van der Waals surface area contributed by atoms with Crippen LogP contribution in [0.2, 0.25) is 0 Å². The lowest BCUT2D eigenvalue weighted by Crippen LogP contribution is -2.18. The van der Waals surface area contributed by atoms with E-state index in [0.717, 1.165) is 38.0 Å². The van der Waals surface area contributed by atoms with E-state index in [1.54, 1.807) is 0 Å². The maximum absolute atomic E-state index is 5.77. The third kappa shape index (κ3) is 2.86. The van der Waals surface area contributed by atoms with Gasteiger partial charge in [-0.25, -0.2) is 0 Å². The summed E-state index contributed by atoms with van der Waals surface area (Å²) < 4.78 is 3.28. The summed E-state index contributed by atoms with van der Waals surface area (Å²) >= 11 is 3.67. The van der Waals surface area contributed by atoms with Gasteiger partial charge in [-0.2, -0.15) is 5.10 Å². The zero-order chi connectivity index (χ0) is 12.1. The van der Waals surface area contributed by atoms with Gasteiger partial charge in [0.25, 0.3) is 0 Å². The summed E-state index contributed by atoms with van der Waals surface area (Å²) in [7, 11) is 0. The van der Waals surface area contributed by atoms with Crippen molar-refractivity contribution in [2.24, 2.45) is 11.7 Å². The van der Waals surface area contributed by atoms with E-state index in [1.165, 1.54) is 10.2 Å². The van der Waals surface area contributed by atoms with Crippen LogP contribution in [0.25, 0.3) is 0 Å². The summed E-state index contributed by atoms with van der Waals surface area (Å²) in [5, 5.41) is 4.60. The third-order valence-corrected chi connectivity index (χ3v) is 4.00. The van der Waals surface area contributed by atoms with Crippen LogP contribution < -0.4 is 5.73 Å². The molecule has 3 nitrogen and oxygen atoms in total. The second-order valence-electron chi connectivity index (χ2n) is 4.09. The minimum atomic E-state index is 0.558. The lowest BCUT2D eigenvalue weighted by molar-refractivity contribution is 0.487. The summed E-state index contributed by atoms with van der Waals surface area (Å²) in [5.74, 6) is 0.558. The molecule has 0 aliphatic carbocycles. The first-order valence-electron chi connectivity index (χ1n) is 6.11. The first kappa shape index (κ1) is 13.7. The van der Waals surface area contributed by atoms with E-state index in [1.807, 2.05) is 0 Å². The Hall–Kier alpha value is -0.350. The van der Waals surface area contributed by atoms with Crippen LogP contribution >= 0.6 is 15.9 Å². The van der Waals surface area contributed by atoms with Gasteiger partial charge in [0.1, 0.15) is 0 Å². The van der Waals surface area contributed by atoms with E-state index in [9.17, 15) is 0 Å². The molecule has 0 spiro atoms. The third-order valence-electron chi connectivity index (χ3n) is 3.09. The Labute approximate surface area is 107 Å². The molecule has 0 bridgehead atoms. The molecule has 1 heterocycles. The quantitative estimate of drug-likeness (QED) is 0.874. The van der Waals surface area contributed by atoms with Gasteiger partial charge in [0.15, 0.2) is 0 Å². The van der Waals surface area contributed by atoms with Crippen molar-refractivity contribution in [3.63, 3.8) is 0 Å². The molecular weight excluding hydrogens is 266 g/mol. The first-order chi connectivity index (χ1) is 7.67. The topological polar surface area (TPSA) is 43.8 Å². The van der Waals surface area contributed by atoms with Crippen LogP contribution in [0.3, 0.4) is 0 Å². The molecule has 1 atom stereocenters. The van der Waals surface area contributed by atoms with Crippen molar-refractivity contribution in [1.29, 1.82) is 0 Å². The van der Waals surface area contributed by atoms with Gasteiger partial charge in [0.05, 0.1) is 15.9 Å². The molecule has 0 fully saturated rings. The van der Waals surface area contributed by atoms with Crippen molar-refractivity contribution in [2.45, 2.75) is 46.6 Å². The largest absolute Gasteiger partial charge is 0.330 e. The van der Waals surface area contributed by atoms with Gasteiger partial charge >= 0.3 is 0 Å². The van der Waals surface area contributed by atoms with E-state index < -0.39 is 0 Å². The number of nitrogens with two attached hydrogens (primary N) is 1. The molecular formula is C12H22BrN3. The molecule has 1 rings (SSSR count). The molecule has 1 aromatic heterocycles. The van der Waals surface area contributed by atoms with Crippen molar-refractivity contribution in [1.82, 2.24) is 9.78 Å². The van der Waals surface area contributed by atoms with Crippen LogP contribution in [0.5, 0.6) is 0 Å². The minimum absolute atomic E-state index is 0.558. The normalized spacial score (nSPS) is 13.1. The van der Waals surface area contributed by atoms with Gasteiger partial charge in [-0.15, -0.1) is 0 Å². The van der Waals surface area contributed by atoms with Crippen LogP contribution in [-0.4, -0.2) is 16.3 Å². The Balaban J connectivity index is 2.96. The minimum Gasteiger partial charge on any atom is -0.330 e. The van der Waals surface area contributed by atoms with Gasteiger partial charge in [0, 0.05) is 6.54 Å². The van der Waals surface area contributed by atoms with E-state index in [-0.39, 0.29) is 0 Å². The second kappa shape index (κ2) is 6.40. The standard InChI is InChI=1S/C12H22BrN3/c1-4-9(8-14)7-11-12(13)10(5-2)15-16(11)6-3/h9H,4-8,14H2,1-3H3. The van der Waals surface area contributed by atoms with E-state index in [4.69, 9.17) is 5.73 Å². The predicted molar refractivity (Wildman–Crippen MR) is 71.5 cm³/mol. The van der Waals surface area contributed by atoms with Crippen LogP contribution in [0.15, 0.2) is 4.47 Å². The molecule has 0 aromatic carbocycles. The molecule has 0 saturated heterocycles. The maximum Gasteiger partial charge on any atom is 0.0766 e. The lowest BCUT2D eigenvalue weighted by atomic mass is 10.0. The van der Waals surface area contributed by atoms with E-state index in [0.29, 0.717) is 5.92 Å². The highest BCUT2D eigenvalue weighted by molar-refractivity contribution is 9.10. The highest BCUT2D eigenvalue weighted by Gasteiger charge is 2.16. The Kier molecular flexibility index (Phi) is 5.49. The average Bonchev–Trinajstić information content (AvgIpc) is 2.62. The number of halogens is 1. The zero-order valence-corrected chi connectivity index (χ0v) is 12.0. The summed E-state index contributed by atoms with van der Waals surface area (Å²) in [6.45, 7) is 8.13. The number of nitrogens with zero attached hydrogens (tertiary/aromatic N) is 2. The Bertz CT molecular complexity index is 329. The summed E-state index contributed by atoms with van der Waals surface area (Å²) in [5.41, 5.74) is 8.23. The molecule has 4 heteroatoms. The molecule has 1 unspecified atom stereocenters. The summed E-state index contributed by atoms with van der Waals surface area (Å²) in [4.78, 5) is 0. The van der Waals surface area contributed by atoms with Crippen LogP contribution in [-0.2, 0) is 19.4 Å². The van der Waals surface area contributed by atoms with Crippen LogP contribution in [0.1, 0.15) is 38.6 Å². The number of aryl methyl sites for hydroxylation is 2. The monoisotopic (exact) mass is 287 g/mol.